The quantitative estimate of drug-likeness (QED) is 0.329. The molecule has 0 N–H and O–H groups in total. The van der Waals surface area contributed by atoms with Crippen molar-refractivity contribution in [1.29, 1.82) is 0 Å². The van der Waals surface area contributed by atoms with Crippen molar-refractivity contribution in [3.8, 4) is 0 Å². The van der Waals surface area contributed by atoms with Crippen LogP contribution in [0.4, 0.5) is 0 Å². The van der Waals surface area contributed by atoms with Gasteiger partial charge in [0.1, 0.15) is 0 Å². The molecule has 22 heavy (non-hydrogen) atoms. The first-order chi connectivity index (χ1) is 10.5. The summed E-state index contributed by atoms with van der Waals surface area (Å²) in [4.78, 5) is 9.76. The first-order valence-corrected chi connectivity index (χ1v) is 7.62. The number of pyridine rings is 2. The molecule has 2 heterocycles. The molecule has 0 saturated heterocycles. The van der Waals surface area contributed by atoms with Gasteiger partial charge in [0.25, 0.3) is 0 Å². The Labute approximate surface area is 129 Å². The molecule has 0 bridgehead atoms. The lowest BCUT2D eigenvalue weighted by Crippen LogP contribution is -1.95. The van der Waals surface area contributed by atoms with Gasteiger partial charge in [0, 0.05) is 21.9 Å². The van der Waals surface area contributed by atoms with Crippen molar-refractivity contribution >= 4 is 32.7 Å². The molecule has 2 aromatic carbocycles. The highest BCUT2D eigenvalue weighted by Gasteiger charge is 2.12. The van der Waals surface area contributed by atoms with E-state index in [2.05, 4.69) is 64.1 Å². The van der Waals surface area contributed by atoms with Gasteiger partial charge in [0.2, 0.25) is 0 Å². The molecule has 4 rings (SSSR count). The van der Waals surface area contributed by atoms with Crippen LogP contribution < -0.4 is 0 Å². The molecule has 2 aromatic heterocycles. The van der Waals surface area contributed by atoms with E-state index in [9.17, 15) is 0 Å². The van der Waals surface area contributed by atoms with Crippen molar-refractivity contribution < 1.29 is 0 Å². The molecule has 4 aromatic rings. The Morgan fingerprint density at radius 3 is 1.95 bits per heavy atom. The Morgan fingerprint density at radius 2 is 1.27 bits per heavy atom. The van der Waals surface area contributed by atoms with E-state index in [1.165, 1.54) is 27.5 Å². The number of benzene rings is 2. The second kappa shape index (κ2) is 4.51. The molecule has 0 fully saturated rings. The number of hydrogen-bond acceptors (Lipinski definition) is 2. The van der Waals surface area contributed by atoms with Crippen LogP contribution in [0, 0.1) is 27.7 Å². The van der Waals surface area contributed by atoms with Gasteiger partial charge in [-0.25, -0.2) is 4.98 Å². The molecule has 0 atom stereocenters. The summed E-state index contributed by atoms with van der Waals surface area (Å²) < 4.78 is 0. The fourth-order valence-electron chi connectivity index (χ4n) is 3.35. The highest BCUT2D eigenvalue weighted by Crippen LogP contribution is 2.32. The predicted octanol–water partition coefficient (Wildman–Crippen LogP) is 5.17. The monoisotopic (exact) mass is 286 g/mol. The van der Waals surface area contributed by atoms with Crippen LogP contribution >= 0.6 is 0 Å². The molecule has 0 aliphatic heterocycles. The van der Waals surface area contributed by atoms with E-state index >= 15 is 0 Å². The van der Waals surface area contributed by atoms with E-state index in [4.69, 9.17) is 9.97 Å². The maximum atomic E-state index is 4.97. The summed E-state index contributed by atoms with van der Waals surface area (Å²) in [5.74, 6) is 0. The molecule has 0 unspecified atom stereocenters. The lowest BCUT2D eigenvalue weighted by Gasteiger charge is -2.12. The van der Waals surface area contributed by atoms with Gasteiger partial charge in [-0.2, -0.15) is 0 Å². The standard InChI is InChI=1S/C20H18N2/c1-11-5-7-17-15(9-11)13(3)19-14(4)21-18-8-6-12(2)10-16(18)20(19)22-17/h5-10H,1-4H3. The van der Waals surface area contributed by atoms with Gasteiger partial charge in [0.15, 0.2) is 0 Å². The lowest BCUT2D eigenvalue weighted by atomic mass is 9.99. The van der Waals surface area contributed by atoms with Crippen LogP contribution in [0.1, 0.15) is 22.4 Å². The van der Waals surface area contributed by atoms with E-state index in [0.29, 0.717) is 0 Å². The van der Waals surface area contributed by atoms with Crippen LogP contribution in [0.15, 0.2) is 36.4 Å². The minimum absolute atomic E-state index is 1.02. The summed E-state index contributed by atoms with van der Waals surface area (Å²) in [6.07, 6.45) is 0. The summed E-state index contributed by atoms with van der Waals surface area (Å²) in [5.41, 5.74) is 7.98. The summed E-state index contributed by atoms with van der Waals surface area (Å²) >= 11 is 0. The molecule has 0 saturated carbocycles. The number of rotatable bonds is 0. The average molecular weight is 286 g/mol. The van der Waals surface area contributed by atoms with E-state index in [-0.39, 0.29) is 0 Å². The van der Waals surface area contributed by atoms with Crippen LogP contribution in [0.25, 0.3) is 32.7 Å². The van der Waals surface area contributed by atoms with Crippen molar-refractivity contribution in [2.75, 3.05) is 0 Å². The SMILES string of the molecule is Cc1ccc2nc3c(c(C)nc4ccc(C)cc43)c(C)c2c1. The van der Waals surface area contributed by atoms with E-state index < -0.39 is 0 Å². The van der Waals surface area contributed by atoms with Crippen molar-refractivity contribution in [1.82, 2.24) is 9.97 Å². The zero-order valence-electron chi connectivity index (χ0n) is 13.4. The summed E-state index contributed by atoms with van der Waals surface area (Å²) in [7, 11) is 0. The Bertz CT molecular complexity index is 1060. The first kappa shape index (κ1) is 13.2. The first-order valence-electron chi connectivity index (χ1n) is 7.62. The summed E-state index contributed by atoms with van der Waals surface area (Å²) in [6, 6.07) is 12.9. The molecule has 2 heteroatoms. The number of aromatic nitrogens is 2. The molecule has 0 radical (unpaired) electrons. The third-order valence-electron chi connectivity index (χ3n) is 4.46. The fraction of sp³-hybridized carbons (Fsp3) is 0.200. The van der Waals surface area contributed by atoms with E-state index in [1.807, 2.05) is 0 Å². The molecule has 108 valence electrons. The molecular weight excluding hydrogens is 268 g/mol. The number of aryl methyl sites for hydroxylation is 4. The number of nitrogens with zero attached hydrogens (tertiary/aromatic N) is 2. The summed E-state index contributed by atoms with van der Waals surface area (Å²) in [6.45, 7) is 8.50. The van der Waals surface area contributed by atoms with Crippen molar-refractivity contribution in [3.05, 3.63) is 58.8 Å². The molecular formula is C20H18N2. The number of hydrogen-bond donors (Lipinski definition) is 0. The van der Waals surface area contributed by atoms with Crippen molar-refractivity contribution in [3.63, 3.8) is 0 Å². The van der Waals surface area contributed by atoms with Gasteiger partial charge in [-0.15, -0.1) is 0 Å². The predicted molar refractivity (Wildman–Crippen MR) is 93.5 cm³/mol. The highest BCUT2D eigenvalue weighted by molar-refractivity contribution is 6.10. The van der Waals surface area contributed by atoms with Crippen LogP contribution in [0.2, 0.25) is 0 Å². The molecule has 0 aliphatic rings. The van der Waals surface area contributed by atoms with Gasteiger partial charge in [-0.3, -0.25) is 4.98 Å². The Kier molecular flexibility index (Phi) is 2.70. The maximum Gasteiger partial charge on any atom is 0.0824 e. The normalized spacial score (nSPS) is 11.6. The van der Waals surface area contributed by atoms with Gasteiger partial charge in [-0.05, 0) is 57.5 Å². The van der Waals surface area contributed by atoms with Gasteiger partial charge in [0.05, 0.1) is 16.6 Å². The van der Waals surface area contributed by atoms with Crippen LogP contribution in [0.3, 0.4) is 0 Å². The Morgan fingerprint density at radius 1 is 0.682 bits per heavy atom. The smallest absolute Gasteiger partial charge is 0.0824 e. The third-order valence-corrected chi connectivity index (χ3v) is 4.46. The largest absolute Gasteiger partial charge is 0.252 e. The van der Waals surface area contributed by atoms with Gasteiger partial charge in [-0.1, -0.05) is 23.3 Å². The van der Waals surface area contributed by atoms with Gasteiger partial charge >= 0.3 is 0 Å². The fourth-order valence-corrected chi connectivity index (χ4v) is 3.35. The molecule has 2 nitrogen and oxygen atoms in total. The minimum Gasteiger partial charge on any atom is -0.252 e. The lowest BCUT2D eigenvalue weighted by molar-refractivity contribution is 1.27. The molecule has 0 amide bonds. The zero-order valence-corrected chi connectivity index (χ0v) is 13.4. The molecule has 0 spiro atoms. The Hall–Kier alpha value is -2.48. The Balaban J connectivity index is 2.31. The van der Waals surface area contributed by atoms with Gasteiger partial charge < -0.3 is 0 Å². The second-order valence-corrected chi connectivity index (χ2v) is 6.20. The van der Waals surface area contributed by atoms with Crippen LogP contribution in [0.5, 0.6) is 0 Å². The average Bonchev–Trinajstić information content (AvgIpc) is 2.49. The zero-order chi connectivity index (χ0) is 15.4. The van der Waals surface area contributed by atoms with Crippen LogP contribution in [-0.2, 0) is 0 Å². The second-order valence-electron chi connectivity index (χ2n) is 6.20. The van der Waals surface area contributed by atoms with Crippen molar-refractivity contribution in [2.45, 2.75) is 27.7 Å². The topological polar surface area (TPSA) is 25.8 Å². The minimum atomic E-state index is 1.02. The molecule has 0 aliphatic carbocycles. The highest BCUT2D eigenvalue weighted by atomic mass is 14.7. The van der Waals surface area contributed by atoms with Crippen molar-refractivity contribution in [2.24, 2.45) is 0 Å². The number of fused-ring (bicyclic) bond motifs is 4. The van der Waals surface area contributed by atoms with Crippen LogP contribution in [-0.4, -0.2) is 9.97 Å². The van der Waals surface area contributed by atoms with E-state index in [1.54, 1.807) is 0 Å². The van der Waals surface area contributed by atoms with E-state index in [0.717, 1.165) is 27.6 Å². The summed E-state index contributed by atoms with van der Waals surface area (Å²) in [5, 5.41) is 3.56. The third kappa shape index (κ3) is 1.80. The maximum absolute atomic E-state index is 4.97.